The van der Waals surface area contributed by atoms with Crippen molar-refractivity contribution in [2.24, 2.45) is 0 Å². The Morgan fingerprint density at radius 1 is 1.26 bits per heavy atom. The van der Waals surface area contributed by atoms with Crippen molar-refractivity contribution >= 4 is 15.9 Å². The first-order valence-corrected chi connectivity index (χ1v) is 10.1. The standard InChI is InChI=1S/C16H24N2O4S/c1-12-6-7-15(22-12)14-5-3-2-4-9-18(14)16(19)17-13-8-10-23(20,21)11-13/h6-7,13-14H,2-5,8-11H2,1H3,(H,17,19)/t13-,14-/m1/s1. The zero-order valence-corrected chi connectivity index (χ0v) is 14.3. The fourth-order valence-electron chi connectivity index (χ4n) is 3.45. The Bertz CT molecular complexity index is 667. The van der Waals surface area contributed by atoms with Crippen molar-refractivity contribution in [1.82, 2.24) is 10.2 Å². The van der Waals surface area contributed by atoms with Crippen LogP contribution in [0, 0.1) is 6.92 Å². The summed E-state index contributed by atoms with van der Waals surface area (Å²) in [7, 11) is -2.99. The lowest BCUT2D eigenvalue weighted by molar-refractivity contribution is 0.163. The van der Waals surface area contributed by atoms with E-state index in [1.165, 1.54) is 0 Å². The van der Waals surface area contributed by atoms with Gasteiger partial charge in [0, 0.05) is 12.6 Å². The van der Waals surface area contributed by atoms with Crippen molar-refractivity contribution in [3.8, 4) is 0 Å². The maximum Gasteiger partial charge on any atom is 0.318 e. The number of hydrogen-bond acceptors (Lipinski definition) is 4. The Labute approximate surface area is 137 Å². The minimum absolute atomic E-state index is 0.0527. The summed E-state index contributed by atoms with van der Waals surface area (Å²) < 4.78 is 28.9. The van der Waals surface area contributed by atoms with E-state index in [1.807, 2.05) is 24.0 Å². The number of urea groups is 1. The molecule has 128 valence electrons. The molecule has 0 unspecified atom stereocenters. The molecule has 3 rings (SSSR count). The van der Waals surface area contributed by atoms with Crippen LogP contribution in [0.15, 0.2) is 16.5 Å². The number of nitrogens with zero attached hydrogens (tertiary/aromatic N) is 1. The summed E-state index contributed by atoms with van der Waals surface area (Å²) >= 11 is 0. The number of aryl methyl sites for hydroxylation is 1. The molecule has 2 atom stereocenters. The highest BCUT2D eigenvalue weighted by Gasteiger charge is 2.33. The van der Waals surface area contributed by atoms with Crippen molar-refractivity contribution < 1.29 is 17.6 Å². The van der Waals surface area contributed by atoms with Gasteiger partial charge >= 0.3 is 6.03 Å². The van der Waals surface area contributed by atoms with Crippen molar-refractivity contribution in [1.29, 1.82) is 0 Å². The normalized spacial score (nSPS) is 27.6. The second-order valence-corrected chi connectivity index (χ2v) is 8.79. The van der Waals surface area contributed by atoms with Crippen LogP contribution in [0.4, 0.5) is 4.79 Å². The van der Waals surface area contributed by atoms with Gasteiger partial charge in [-0.3, -0.25) is 0 Å². The maximum absolute atomic E-state index is 12.7. The Kier molecular flexibility index (Phi) is 4.66. The van der Waals surface area contributed by atoms with E-state index in [2.05, 4.69) is 5.32 Å². The van der Waals surface area contributed by atoms with Gasteiger partial charge in [0.15, 0.2) is 9.84 Å². The van der Waals surface area contributed by atoms with Crippen LogP contribution in [0.2, 0.25) is 0 Å². The molecule has 0 saturated carbocycles. The molecule has 0 spiro atoms. The number of nitrogens with one attached hydrogen (secondary N) is 1. The summed E-state index contributed by atoms with van der Waals surface area (Å²) in [6.45, 7) is 2.57. The zero-order chi connectivity index (χ0) is 16.4. The third kappa shape index (κ3) is 3.88. The van der Waals surface area contributed by atoms with Gasteiger partial charge < -0.3 is 14.6 Å². The van der Waals surface area contributed by atoms with Gasteiger partial charge in [-0.2, -0.15) is 0 Å². The van der Waals surface area contributed by atoms with Crippen LogP contribution in [-0.4, -0.2) is 43.4 Å². The van der Waals surface area contributed by atoms with E-state index >= 15 is 0 Å². The second-order valence-electron chi connectivity index (χ2n) is 6.56. The van der Waals surface area contributed by atoms with E-state index in [0.717, 1.165) is 37.2 Å². The van der Waals surface area contributed by atoms with Crippen molar-refractivity contribution in [2.45, 2.75) is 51.1 Å². The number of carbonyl (C=O) groups is 1. The van der Waals surface area contributed by atoms with Crippen LogP contribution in [0.5, 0.6) is 0 Å². The van der Waals surface area contributed by atoms with Gasteiger partial charge in [0.2, 0.25) is 0 Å². The van der Waals surface area contributed by atoms with Crippen LogP contribution in [0.1, 0.15) is 49.7 Å². The number of likely N-dealkylation sites (tertiary alicyclic amines) is 1. The van der Waals surface area contributed by atoms with Crippen LogP contribution in [0.25, 0.3) is 0 Å². The Balaban J connectivity index is 1.72. The molecule has 0 bridgehead atoms. The molecule has 2 amide bonds. The van der Waals surface area contributed by atoms with Gasteiger partial charge in [-0.05, 0) is 38.3 Å². The summed E-state index contributed by atoms with van der Waals surface area (Å²) in [5, 5.41) is 2.90. The summed E-state index contributed by atoms with van der Waals surface area (Å²) in [4.78, 5) is 14.5. The van der Waals surface area contributed by atoms with E-state index in [-0.39, 0.29) is 29.6 Å². The molecule has 23 heavy (non-hydrogen) atoms. The molecule has 2 saturated heterocycles. The molecule has 2 aliphatic rings. The molecule has 0 aliphatic carbocycles. The minimum Gasteiger partial charge on any atom is -0.464 e. The molecule has 2 aliphatic heterocycles. The average Bonchev–Trinajstić information content (AvgIpc) is 2.95. The highest BCUT2D eigenvalue weighted by Crippen LogP contribution is 2.31. The van der Waals surface area contributed by atoms with Gasteiger partial charge in [-0.1, -0.05) is 12.8 Å². The van der Waals surface area contributed by atoms with Gasteiger partial charge in [-0.15, -0.1) is 0 Å². The van der Waals surface area contributed by atoms with E-state index < -0.39 is 9.84 Å². The Morgan fingerprint density at radius 2 is 2.09 bits per heavy atom. The highest BCUT2D eigenvalue weighted by atomic mass is 32.2. The predicted octanol–water partition coefficient (Wildman–Crippen LogP) is 2.40. The molecule has 1 aromatic heterocycles. The maximum atomic E-state index is 12.7. The number of hydrogen-bond donors (Lipinski definition) is 1. The highest BCUT2D eigenvalue weighted by molar-refractivity contribution is 7.91. The molecule has 3 heterocycles. The van der Waals surface area contributed by atoms with Crippen molar-refractivity contribution in [3.63, 3.8) is 0 Å². The first-order chi connectivity index (χ1) is 10.9. The van der Waals surface area contributed by atoms with Gasteiger partial charge in [0.25, 0.3) is 0 Å². The fourth-order valence-corrected chi connectivity index (χ4v) is 5.12. The molecule has 6 nitrogen and oxygen atoms in total. The summed E-state index contributed by atoms with van der Waals surface area (Å²) in [5.41, 5.74) is 0. The second kappa shape index (κ2) is 6.55. The van der Waals surface area contributed by atoms with Gasteiger partial charge in [0.05, 0.1) is 17.5 Å². The number of sulfone groups is 1. The third-order valence-electron chi connectivity index (χ3n) is 4.66. The first kappa shape index (κ1) is 16.4. The average molecular weight is 340 g/mol. The predicted molar refractivity (Wildman–Crippen MR) is 87.0 cm³/mol. The van der Waals surface area contributed by atoms with Gasteiger partial charge in [-0.25, -0.2) is 13.2 Å². The summed E-state index contributed by atoms with van der Waals surface area (Å²) in [5.74, 6) is 1.88. The lowest BCUT2D eigenvalue weighted by atomic mass is 10.1. The molecule has 1 N–H and O–H groups in total. The van der Waals surface area contributed by atoms with Gasteiger partial charge in [0.1, 0.15) is 11.5 Å². The van der Waals surface area contributed by atoms with Crippen LogP contribution < -0.4 is 5.32 Å². The minimum atomic E-state index is -2.99. The van der Waals surface area contributed by atoms with E-state index in [1.54, 1.807) is 0 Å². The lowest BCUT2D eigenvalue weighted by Crippen LogP contribution is -2.46. The number of furan rings is 1. The molecule has 2 fully saturated rings. The third-order valence-corrected chi connectivity index (χ3v) is 6.43. The fraction of sp³-hybridized carbons (Fsp3) is 0.688. The molecule has 0 aromatic carbocycles. The molecule has 0 radical (unpaired) electrons. The number of carbonyl (C=O) groups excluding carboxylic acids is 1. The van der Waals surface area contributed by atoms with E-state index in [0.29, 0.717) is 13.0 Å². The summed E-state index contributed by atoms with van der Waals surface area (Å²) in [6.07, 6.45) is 4.51. The topological polar surface area (TPSA) is 79.6 Å². The molecular formula is C16H24N2O4S. The summed E-state index contributed by atoms with van der Waals surface area (Å²) in [6, 6.07) is 3.35. The first-order valence-electron chi connectivity index (χ1n) is 8.28. The molecular weight excluding hydrogens is 316 g/mol. The van der Waals surface area contributed by atoms with Crippen molar-refractivity contribution in [3.05, 3.63) is 23.7 Å². The smallest absolute Gasteiger partial charge is 0.318 e. The van der Waals surface area contributed by atoms with Crippen LogP contribution in [0.3, 0.4) is 0 Å². The Hall–Kier alpha value is -1.50. The quantitative estimate of drug-likeness (QED) is 0.896. The number of rotatable bonds is 2. The zero-order valence-electron chi connectivity index (χ0n) is 13.5. The monoisotopic (exact) mass is 340 g/mol. The van der Waals surface area contributed by atoms with E-state index in [4.69, 9.17) is 4.42 Å². The largest absolute Gasteiger partial charge is 0.464 e. The van der Waals surface area contributed by atoms with Crippen LogP contribution in [-0.2, 0) is 9.84 Å². The van der Waals surface area contributed by atoms with E-state index in [9.17, 15) is 13.2 Å². The molecule has 1 aromatic rings. The number of amides is 2. The lowest BCUT2D eigenvalue weighted by Gasteiger charge is -2.30. The van der Waals surface area contributed by atoms with Crippen molar-refractivity contribution in [2.75, 3.05) is 18.1 Å². The molecule has 7 heteroatoms. The Morgan fingerprint density at radius 3 is 2.74 bits per heavy atom. The SMILES string of the molecule is Cc1ccc([C@H]2CCCCCN2C(=O)N[C@@H]2CCS(=O)(=O)C2)o1. The van der Waals surface area contributed by atoms with Crippen LogP contribution >= 0.6 is 0 Å².